The molecule has 1 amide bonds. The van der Waals surface area contributed by atoms with Gasteiger partial charge >= 0.3 is 0 Å². The van der Waals surface area contributed by atoms with Crippen molar-refractivity contribution in [3.05, 3.63) is 33.8 Å². The molecule has 2 aromatic heterocycles. The molecule has 0 fully saturated rings. The number of hydrogen-bond donors (Lipinski definition) is 2. The topological polar surface area (TPSA) is 75.3 Å². The summed E-state index contributed by atoms with van der Waals surface area (Å²) in [7, 11) is 1.54. The van der Waals surface area contributed by atoms with Crippen LogP contribution in [0.3, 0.4) is 0 Å². The molecule has 2 aromatic rings. The van der Waals surface area contributed by atoms with E-state index in [2.05, 4.69) is 14.9 Å². The van der Waals surface area contributed by atoms with E-state index in [9.17, 15) is 4.79 Å². The van der Waals surface area contributed by atoms with Crippen LogP contribution in [0.25, 0.3) is 0 Å². The molecule has 2 heterocycles. The van der Waals surface area contributed by atoms with Crippen LogP contribution in [0, 0.1) is 6.92 Å². The molecule has 2 N–H and O–H groups in total. The minimum Gasteiger partial charge on any atom is -1.00 e. The van der Waals surface area contributed by atoms with Crippen molar-refractivity contribution in [3.8, 4) is 5.88 Å². The maximum atomic E-state index is 11.3. The number of ether oxygens (including phenoxy) is 1. The van der Waals surface area contributed by atoms with Crippen LogP contribution < -0.4 is 27.0 Å². The number of amides is 1. The first-order valence-electron chi connectivity index (χ1n) is 6.94. The number of halogens is 1. The molecule has 6 nitrogen and oxygen atoms in total. The predicted octanol–water partition coefficient (Wildman–Crippen LogP) is -1.71. The second kappa shape index (κ2) is 8.81. The van der Waals surface area contributed by atoms with E-state index in [1.807, 2.05) is 18.5 Å². The summed E-state index contributed by atoms with van der Waals surface area (Å²) in [6.45, 7) is 4.22. The largest absolute Gasteiger partial charge is 1.00 e. The Morgan fingerprint density at radius 3 is 2.83 bits per heavy atom. The summed E-state index contributed by atoms with van der Waals surface area (Å²) in [5.41, 5.74) is 4.03. The number of pyridine rings is 1. The van der Waals surface area contributed by atoms with Crippen LogP contribution in [0.5, 0.6) is 5.88 Å². The summed E-state index contributed by atoms with van der Waals surface area (Å²) < 4.78 is 7.19. The Morgan fingerprint density at radius 1 is 1.48 bits per heavy atom. The van der Waals surface area contributed by atoms with Crippen LogP contribution in [-0.4, -0.2) is 29.7 Å². The van der Waals surface area contributed by atoms with Crippen molar-refractivity contribution in [1.29, 1.82) is 0 Å². The van der Waals surface area contributed by atoms with Gasteiger partial charge in [-0.2, -0.15) is 9.55 Å². The van der Waals surface area contributed by atoms with Crippen molar-refractivity contribution in [2.75, 3.05) is 19.0 Å². The Labute approximate surface area is 145 Å². The van der Waals surface area contributed by atoms with E-state index in [0.717, 1.165) is 16.1 Å². The van der Waals surface area contributed by atoms with Gasteiger partial charge in [0.15, 0.2) is 12.2 Å². The first kappa shape index (κ1) is 19.3. The zero-order chi connectivity index (χ0) is 16.1. The summed E-state index contributed by atoms with van der Waals surface area (Å²) in [4.78, 5) is 16.8. The Bertz CT molecular complexity index is 676. The standard InChI is InChI=1S/C15H19N3O3S.ClH/c1-10-13(6-7-19)22-9-18(10)8-12-4-5-14(21-3)17-15(12)16-11(2)20;/h4-5,9,19H,6-8H2,1-3H3;1H. The predicted molar refractivity (Wildman–Crippen MR) is 84.2 cm³/mol. The third-order valence-corrected chi connectivity index (χ3v) is 4.44. The SMILES string of the molecule is COc1ccc(C[n+]2csc(CCO)c2C)c(NC(C)=O)n1.[Cl-]. The van der Waals surface area contributed by atoms with E-state index < -0.39 is 0 Å². The lowest BCUT2D eigenvalue weighted by atomic mass is 10.2. The lowest BCUT2D eigenvalue weighted by Gasteiger charge is -2.08. The molecule has 0 saturated heterocycles. The summed E-state index contributed by atoms with van der Waals surface area (Å²) in [6.07, 6.45) is 0.656. The van der Waals surface area contributed by atoms with E-state index in [0.29, 0.717) is 24.7 Å². The molecule has 2 rings (SSSR count). The quantitative estimate of drug-likeness (QED) is 0.604. The van der Waals surface area contributed by atoms with Crippen molar-refractivity contribution in [2.24, 2.45) is 0 Å². The number of carbonyl (C=O) groups is 1. The number of anilines is 1. The number of aliphatic hydroxyl groups is 1. The molecule has 126 valence electrons. The second-order valence-corrected chi connectivity index (χ2v) is 5.82. The highest BCUT2D eigenvalue weighted by Gasteiger charge is 2.18. The molecule has 0 radical (unpaired) electrons. The van der Waals surface area contributed by atoms with Crippen molar-refractivity contribution >= 4 is 23.1 Å². The van der Waals surface area contributed by atoms with Crippen LogP contribution in [0.15, 0.2) is 17.6 Å². The van der Waals surface area contributed by atoms with Gasteiger partial charge in [-0.15, -0.1) is 0 Å². The van der Waals surface area contributed by atoms with Gasteiger partial charge in [0.2, 0.25) is 17.3 Å². The third kappa shape index (κ3) is 4.89. The van der Waals surface area contributed by atoms with E-state index in [1.54, 1.807) is 24.5 Å². The summed E-state index contributed by atoms with van der Waals surface area (Å²) >= 11 is 1.62. The zero-order valence-corrected chi connectivity index (χ0v) is 14.9. The number of nitrogens with zero attached hydrogens (tertiary/aromatic N) is 2. The highest BCUT2D eigenvalue weighted by Crippen LogP contribution is 2.19. The van der Waals surface area contributed by atoms with Gasteiger partial charge in [-0.05, 0) is 6.07 Å². The monoisotopic (exact) mass is 357 g/mol. The number of thiazole rings is 1. The maximum Gasteiger partial charge on any atom is 0.225 e. The summed E-state index contributed by atoms with van der Waals surface area (Å²) in [5, 5.41) is 11.8. The Morgan fingerprint density at radius 2 is 2.22 bits per heavy atom. The van der Waals surface area contributed by atoms with Crippen LogP contribution in [-0.2, 0) is 17.8 Å². The van der Waals surface area contributed by atoms with Crippen LogP contribution in [0.1, 0.15) is 23.1 Å². The Kier molecular flexibility index (Phi) is 7.41. The minimum absolute atomic E-state index is 0. The molecule has 0 aliphatic carbocycles. The molecule has 0 aromatic carbocycles. The fraction of sp³-hybridized carbons (Fsp3) is 0.400. The molecule has 0 aliphatic rings. The smallest absolute Gasteiger partial charge is 0.225 e. The van der Waals surface area contributed by atoms with E-state index in [4.69, 9.17) is 9.84 Å². The zero-order valence-electron chi connectivity index (χ0n) is 13.3. The number of aromatic nitrogens is 2. The summed E-state index contributed by atoms with van der Waals surface area (Å²) in [6, 6.07) is 3.67. The van der Waals surface area contributed by atoms with E-state index >= 15 is 0 Å². The van der Waals surface area contributed by atoms with Gasteiger partial charge in [0.1, 0.15) is 5.82 Å². The molecule has 8 heteroatoms. The number of nitrogens with one attached hydrogen (secondary N) is 1. The first-order valence-corrected chi connectivity index (χ1v) is 7.82. The average molecular weight is 358 g/mol. The number of aliphatic hydroxyl groups excluding tert-OH is 1. The highest BCUT2D eigenvalue weighted by molar-refractivity contribution is 7.09. The maximum absolute atomic E-state index is 11.3. The molecule has 0 atom stereocenters. The molecule has 0 bridgehead atoms. The van der Waals surface area contributed by atoms with Crippen LogP contribution in [0.2, 0.25) is 0 Å². The average Bonchev–Trinajstić information content (AvgIpc) is 2.82. The normalized spacial score (nSPS) is 10.1. The van der Waals surface area contributed by atoms with Crippen LogP contribution >= 0.6 is 11.3 Å². The lowest BCUT2D eigenvalue weighted by molar-refractivity contribution is -0.689. The van der Waals surface area contributed by atoms with Gasteiger partial charge in [0, 0.05) is 32.9 Å². The van der Waals surface area contributed by atoms with Crippen LogP contribution in [0.4, 0.5) is 5.82 Å². The van der Waals surface area contributed by atoms with Gasteiger partial charge in [0.25, 0.3) is 0 Å². The van der Waals surface area contributed by atoms with Gasteiger partial charge in [0.05, 0.1) is 17.6 Å². The minimum atomic E-state index is -0.171. The van der Waals surface area contributed by atoms with Gasteiger partial charge in [-0.25, -0.2) is 0 Å². The molecule has 23 heavy (non-hydrogen) atoms. The lowest BCUT2D eigenvalue weighted by Crippen LogP contribution is -3.00. The van der Waals surface area contributed by atoms with Crippen molar-refractivity contribution in [2.45, 2.75) is 26.8 Å². The van der Waals surface area contributed by atoms with Crippen molar-refractivity contribution in [1.82, 2.24) is 4.98 Å². The Hall–Kier alpha value is -1.70. The third-order valence-electron chi connectivity index (χ3n) is 3.29. The number of carbonyl (C=O) groups excluding carboxylic acids is 1. The molecule has 0 saturated carbocycles. The molecule has 0 aliphatic heterocycles. The molecule has 0 spiro atoms. The molecule has 0 unspecified atom stereocenters. The molecular formula is C15H20ClN3O3S. The fourth-order valence-electron chi connectivity index (χ4n) is 2.12. The summed E-state index contributed by atoms with van der Waals surface area (Å²) in [5.74, 6) is 0.796. The van der Waals surface area contributed by atoms with Crippen molar-refractivity contribution < 1.29 is 31.6 Å². The van der Waals surface area contributed by atoms with Gasteiger partial charge in [-0.3, -0.25) is 4.79 Å². The number of rotatable bonds is 6. The first-order chi connectivity index (χ1) is 10.5. The van der Waals surface area contributed by atoms with Crippen molar-refractivity contribution in [3.63, 3.8) is 0 Å². The Balaban J connectivity index is 0.00000264. The van der Waals surface area contributed by atoms with Gasteiger partial charge < -0.3 is 27.6 Å². The van der Waals surface area contributed by atoms with E-state index in [1.165, 1.54) is 6.92 Å². The number of hydrogen-bond acceptors (Lipinski definition) is 5. The number of methoxy groups -OCH3 is 1. The second-order valence-electron chi connectivity index (χ2n) is 4.88. The highest BCUT2D eigenvalue weighted by atomic mass is 35.5. The van der Waals surface area contributed by atoms with E-state index in [-0.39, 0.29) is 24.9 Å². The van der Waals surface area contributed by atoms with Gasteiger partial charge in [-0.1, -0.05) is 11.3 Å². The fourth-order valence-corrected chi connectivity index (χ4v) is 3.10. The molecular weight excluding hydrogens is 338 g/mol.